The van der Waals surface area contributed by atoms with Crippen LogP contribution in [0.25, 0.3) is 21.9 Å². The summed E-state index contributed by atoms with van der Waals surface area (Å²) in [5.74, 6) is -2.62. The van der Waals surface area contributed by atoms with Gasteiger partial charge in [-0.2, -0.15) is 0 Å². The largest absolute Gasteiger partial charge is 0.507 e. The SMILES string of the molecule is O=c1c2cc(O)c(O)cc2oc2cc(O)c(C3O[C@H](CO)[C@H](O)[C@@H](O)[C@H]3O)c(O)c12. The Labute approximate surface area is 166 Å². The first-order valence-corrected chi connectivity index (χ1v) is 8.83. The van der Waals surface area contributed by atoms with Gasteiger partial charge in [0.1, 0.15) is 58.6 Å². The summed E-state index contributed by atoms with van der Waals surface area (Å²) in [6, 6.07) is 2.90. The fraction of sp³-hybridized carbons (Fsp3) is 0.316. The smallest absolute Gasteiger partial charge is 0.204 e. The van der Waals surface area contributed by atoms with E-state index in [0.29, 0.717) is 0 Å². The maximum absolute atomic E-state index is 12.9. The standard InChI is InChI=1S/C19H18O11/c20-4-11-15(25)17(27)18(28)19(30-11)12-8(23)3-10-13(16(12)26)14(24)5-1-6(21)7(22)2-9(5)29-10/h1-3,11,15,17-23,25-28H,4H2/t11-,15+,17-,18-,19?/m1/s1. The fourth-order valence-electron chi connectivity index (χ4n) is 3.64. The van der Waals surface area contributed by atoms with Crippen LogP contribution in [0.1, 0.15) is 11.7 Å². The number of aliphatic hydroxyl groups is 4. The second-order valence-corrected chi connectivity index (χ2v) is 7.05. The maximum atomic E-state index is 12.9. The zero-order chi connectivity index (χ0) is 21.9. The summed E-state index contributed by atoms with van der Waals surface area (Å²) in [6.07, 6.45) is -8.16. The Hall–Kier alpha value is -3.09. The predicted octanol–water partition coefficient (Wildman–Crippen LogP) is -0.717. The molecule has 0 bridgehead atoms. The lowest BCUT2D eigenvalue weighted by Crippen LogP contribution is -2.55. The molecule has 30 heavy (non-hydrogen) atoms. The number of phenolic OH excluding ortho intramolecular Hbond substituents is 4. The summed E-state index contributed by atoms with van der Waals surface area (Å²) >= 11 is 0. The van der Waals surface area contributed by atoms with E-state index in [1.807, 2.05) is 0 Å². The molecular weight excluding hydrogens is 404 g/mol. The molecule has 0 radical (unpaired) electrons. The normalized spacial score (nSPS) is 27.0. The van der Waals surface area contributed by atoms with Gasteiger partial charge in [0.05, 0.1) is 17.6 Å². The minimum Gasteiger partial charge on any atom is -0.507 e. The van der Waals surface area contributed by atoms with E-state index in [0.717, 1.165) is 18.2 Å². The molecule has 8 N–H and O–H groups in total. The lowest BCUT2D eigenvalue weighted by Gasteiger charge is -2.40. The molecule has 1 saturated heterocycles. The molecule has 1 unspecified atom stereocenters. The molecular formula is C19H18O11. The number of fused-ring (bicyclic) bond motifs is 2. The molecule has 2 heterocycles. The van der Waals surface area contributed by atoms with Crippen molar-refractivity contribution in [3.05, 3.63) is 34.0 Å². The van der Waals surface area contributed by atoms with Crippen LogP contribution in [-0.4, -0.2) is 71.9 Å². The van der Waals surface area contributed by atoms with E-state index >= 15 is 0 Å². The molecule has 2 aromatic carbocycles. The van der Waals surface area contributed by atoms with Gasteiger partial charge in [-0.25, -0.2) is 0 Å². The second-order valence-electron chi connectivity index (χ2n) is 7.05. The Morgan fingerprint density at radius 3 is 2.13 bits per heavy atom. The summed E-state index contributed by atoms with van der Waals surface area (Å²) in [5, 5.41) is 79.4. The third kappa shape index (κ3) is 2.83. The molecule has 160 valence electrons. The number of hydrogen-bond acceptors (Lipinski definition) is 11. The van der Waals surface area contributed by atoms with Crippen LogP contribution in [0, 0.1) is 0 Å². The minimum absolute atomic E-state index is 0.123. The van der Waals surface area contributed by atoms with Crippen molar-refractivity contribution in [2.45, 2.75) is 30.5 Å². The van der Waals surface area contributed by atoms with Gasteiger partial charge in [0.15, 0.2) is 11.5 Å². The van der Waals surface area contributed by atoms with Gasteiger partial charge in [0.2, 0.25) is 5.43 Å². The molecule has 1 aromatic heterocycles. The van der Waals surface area contributed by atoms with E-state index in [1.54, 1.807) is 0 Å². The van der Waals surface area contributed by atoms with Crippen LogP contribution in [0.15, 0.2) is 27.4 Å². The number of aromatic hydroxyl groups is 4. The van der Waals surface area contributed by atoms with E-state index in [2.05, 4.69) is 0 Å². The summed E-state index contributed by atoms with van der Waals surface area (Å²) in [7, 11) is 0. The molecule has 4 rings (SSSR count). The number of ether oxygens (including phenoxy) is 1. The number of phenols is 4. The molecule has 0 spiro atoms. The van der Waals surface area contributed by atoms with Gasteiger partial charge in [0, 0.05) is 12.1 Å². The van der Waals surface area contributed by atoms with E-state index in [1.165, 1.54) is 0 Å². The van der Waals surface area contributed by atoms with Gasteiger partial charge in [-0.05, 0) is 6.07 Å². The summed E-state index contributed by atoms with van der Waals surface area (Å²) < 4.78 is 10.8. The van der Waals surface area contributed by atoms with Gasteiger partial charge >= 0.3 is 0 Å². The molecule has 3 aromatic rings. The Morgan fingerprint density at radius 1 is 0.833 bits per heavy atom. The van der Waals surface area contributed by atoms with E-state index in [-0.39, 0.29) is 16.6 Å². The van der Waals surface area contributed by atoms with Crippen molar-refractivity contribution in [2.24, 2.45) is 0 Å². The number of hydrogen-bond donors (Lipinski definition) is 8. The first kappa shape index (κ1) is 20.2. The molecule has 0 saturated carbocycles. The van der Waals surface area contributed by atoms with Gasteiger partial charge < -0.3 is 50.0 Å². The minimum atomic E-state index is -1.81. The molecule has 11 heteroatoms. The maximum Gasteiger partial charge on any atom is 0.204 e. The van der Waals surface area contributed by atoms with Gasteiger partial charge in [-0.1, -0.05) is 0 Å². The van der Waals surface area contributed by atoms with Crippen molar-refractivity contribution >= 4 is 21.9 Å². The third-order valence-electron chi connectivity index (χ3n) is 5.23. The molecule has 1 aliphatic rings. The van der Waals surface area contributed by atoms with Gasteiger partial charge in [-0.3, -0.25) is 4.79 Å². The van der Waals surface area contributed by atoms with Crippen molar-refractivity contribution in [2.75, 3.05) is 6.61 Å². The van der Waals surface area contributed by atoms with Crippen molar-refractivity contribution in [3.8, 4) is 23.0 Å². The monoisotopic (exact) mass is 422 g/mol. The highest BCUT2D eigenvalue weighted by molar-refractivity contribution is 5.96. The second kappa shape index (κ2) is 7.00. The topological polar surface area (TPSA) is 201 Å². The van der Waals surface area contributed by atoms with E-state index in [9.17, 15) is 45.6 Å². The van der Waals surface area contributed by atoms with Crippen LogP contribution in [0.4, 0.5) is 0 Å². The van der Waals surface area contributed by atoms with E-state index < -0.39 is 76.5 Å². The zero-order valence-electron chi connectivity index (χ0n) is 15.1. The van der Waals surface area contributed by atoms with Crippen molar-refractivity contribution < 1.29 is 50.0 Å². The van der Waals surface area contributed by atoms with Crippen molar-refractivity contribution in [1.29, 1.82) is 0 Å². The molecule has 0 aliphatic carbocycles. The van der Waals surface area contributed by atoms with Gasteiger partial charge in [0.25, 0.3) is 0 Å². The summed E-state index contributed by atoms with van der Waals surface area (Å²) in [4.78, 5) is 12.9. The van der Waals surface area contributed by atoms with Crippen LogP contribution in [-0.2, 0) is 4.74 Å². The highest BCUT2D eigenvalue weighted by Crippen LogP contribution is 2.45. The quantitative estimate of drug-likeness (QED) is 0.191. The van der Waals surface area contributed by atoms with Crippen LogP contribution in [0.5, 0.6) is 23.0 Å². The number of rotatable bonds is 2. The predicted molar refractivity (Wildman–Crippen MR) is 99.4 cm³/mol. The summed E-state index contributed by atoms with van der Waals surface area (Å²) in [5.41, 5.74) is -1.66. The van der Waals surface area contributed by atoms with Crippen molar-refractivity contribution in [1.82, 2.24) is 0 Å². The molecule has 1 fully saturated rings. The van der Waals surface area contributed by atoms with Crippen molar-refractivity contribution in [3.63, 3.8) is 0 Å². The van der Waals surface area contributed by atoms with E-state index in [4.69, 9.17) is 9.15 Å². The third-order valence-corrected chi connectivity index (χ3v) is 5.23. The number of aliphatic hydroxyl groups excluding tert-OH is 4. The highest BCUT2D eigenvalue weighted by atomic mass is 16.5. The zero-order valence-corrected chi connectivity index (χ0v) is 15.1. The molecule has 1 aliphatic heterocycles. The molecule has 11 nitrogen and oxygen atoms in total. The Balaban J connectivity index is 1.98. The fourth-order valence-corrected chi connectivity index (χ4v) is 3.64. The van der Waals surface area contributed by atoms with Crippen LogP contribution < -0.4 is 5.43 Å². The lowest BCUT2D eigenvalue weighted by atomic mass is 9.89. The van der Waals surface area contributed by atoms with Crippen LogP contribution >= 0.6 is 0 Å². The molecule has 0 amide bonds. The Morgan fingerprint density at radius 2 is 1.47 bits per heavy atom. The Bertz CT molecular complexity index is 1200. The van der Waals surface area contributed by atoms with Crippen LogP contribution in [0.2, 0.25) is 0 Å². The number of benzene rings is 2. The summed E-state index contributed by atoms with van der Waals surface area (Å²) in [6.45, 7) is -0.730. The highest BCUT2D eigenvalue weighted by Gasteiger charge is 2.46. The average Bonchev–Trinajstić information content (AvgIpc) is 2.69. The first-order valence-electron chi connectivity index (χ1n) is 8.83. The average molecular weight is 422 g/mol. The lowest BCUT2D eigenvalue weighted by molar-refractivity contribution is -0.232. The Kier molecular flexibility index (Phi) is 4.71. The van der Waals surface area contributed by atoms with Crippen LogP contribution in [0.3, 0.4) is 0 Å². The first-order chi connectivity index (χ1) is 14.1. The van der Waals surface area contributed by atoms with Gasteiger partial charge in [-0.15, -0.1) is 0 Å². The molecule has 5 atom stereocenters.